The molecule has 0 aromatic rings. The van der Waals surface area contributed by atoms with Crippen LogP contribution in [-0.4, -0.2) is 21.9 Å². The quantitative estimate of drug-likeness (QED) is 0.686. The Morgan fingerprint density at radius 1 is 1.17 bits per heavy atom. The average Bonchev–Trinajstić information content (AvgIpc) is 2.89. The van der Waals surface area contributed by atoms with Crippen LogP contribution in [-0.2, 0) is 0 Å². The molecule has 2 aliphatic carbocycles. The Hall–Kier alpha value is -0.600. The number of allylic oxidation sites excluding steroid dienone is 3. The van der Waals surface area contributed by atoms with Gasteiger partial charge in [0.2, 0.25) is 0 Å². The zero-order valence-electron chi connectivity index (χ0n) is 15.5. The zero-order chi connectivity index (χ0) is 17.1. The molecule has 0 aromatic carbocycles. The Morgan fingerprint density at radius 2 is 1.87 bits per heavy atom. The summed E-state index contributed by atoms with van der Waals surface area (Å²) in [6.07, 6.45) is 15.6. The maximum absolute atomic E-state index is 10.3. The summed E-state index contributed by atoms with van der Waals surface area (Å²) in [4.78, 5) is 0. The lowest BCUT2D eigenvalue weighted by Crippen LogP contribution is -2.41. The van der Waals surface area contributed by atoms with Gasteiger partial charge in [-0.2, -0.15) is 0 Å². The molecule has 2 saturated carbocycles. The van der Waals surface area contributed by atoms with Crippen LogP contribution in [0.3, 0.4) is 0 Å². The maximum atomic E-state index is 10.3. The normalized spacial score (nSPS) is 36.7. The number of aliphatic hydroxyl groups excluding tert-OH is 1. The highest BCUT2D eigenvalue weighted by molar-refractivity contribution is 5.12. The molecule has 2 nitrogen and oxygen atoms in total. The maximum Gasteiger partial charge on any atom is 0.0825 e. The average molecular weight is 321 g/mol. The third kappa shape index (κ3) is 3.91. The van der Waals surface area contributed by atoms with Crippen molar-refractivity contribution in [2.75, 3.05) is 0 Å². The molecule has 0 heterocycles. The van der Waals surface area contributed by atoms with E-state index >= 15 is 0 Å². The van der Waals surface area contributed by atoms with E-state index in [0.29, 0.717) is 23.2 Å². The molecule has 2 N–H and O–H groups in total. The summed E-state index contributed by atoms with van der Waals surface area (Å²) in [5.74, 6) is 1.69. The first-order chi connectivity index (χ1) is 10.9. The van der Waals surface area contributed by atoms with E-state index in [-0.39, 0.29) is 6.10 Å². The SMILES string of the molecule is CCC(O)(/C=C/C=C/[C@@H](C)[C@H]1CC[C@H]2[C@@H](O)CCC[C@]12C)CC. The molecule has 2 heteroatoms. The minimum Gasteiger partial charge on any atom is -0.393 e. The van der Waals surface area contributed by atoms with Crippen LogP contribution in [0.15, 0.2) is 24.3 Å². The first kappa shape index (κ1) is 18.7. The van der Waals surface area contributed by atoms with Gasteiger partial charge in [0.15, 0.2) is 0 Å². The van der Waals surface area contributed by atoms with Crippen LogP contribution >= 0.6 is 0 Å². The second-order valence-corrected chi connectivity index (χ2v) is 8.17. The largest absolute Gasteiger partial charge is 0.393 e. The van der Waals surface area contributed by atoms with Crippen LogP contribution < -0.4 is 0 Å². The smallest absolute Gasteiger partial charge is 0.0825 e. The fourth-order valence-electron chi connectivity index (χ4n) is 5.15. The van der Waals surface area contributed by atoms with Crippen molar-refractivity contribution < 1.29 is 10.2 Å². The summed E-state index contributed by atoms with van der Waals surface area (Å²) in [6, 6.07) is 0. The molecule has 23 heavy (non-hydrogen) atoms. The van der Waals surface area contributed by atoms with E-state index in [2.05, 4.69) is 26.0 Å². The molecular weight excluding hydrogens is 284 g/mol. The van der Waals surface area contributed by atoms with Gasteiger partial charge in [-0.05, 0) is 61.7 Å². The second-order valence-electron chi connectivity index (χ2n) is 8.17. The number of rotatable bonds is 6. The van der Waals surface area contributed by atoms with Crippen molar-refractivity contribution in [1.29, 1.82) is 0 Å². The summed E-state index contributed by atoms with van der Waals surface area (Å²) in [5.41, 5.74) is -0.357. The van der Waals surface area contributed by atoms with Crippen LogP contribution in [0.5, 0.6) is 0 Å². The molecule has 0 aromatic heterocycles. The topological polar surface area (TPSA) is 40.5 Å². The van der Waals surface area contributed by atoms with Gasteiger partial charge in [0.1, 0.15) is 0 Å². The molecule has 0 bridgehead atoms. The Balaban J connectivity index is 1.99. The van der Waals surface area contributed by atoms with Crippen molar-refractivity contribution in [2.45, 2.75) is 84.3 Å². The summed E-state index contributed by atoms with van der Waals surface area (Å²) >= 11 is 0. The van der Waals surface area contributed by atoms with E-state index in [1.54, 1.807) is 0 Å². The van der Waals surface area contributed by atoms with Crippen LogP contribution in [0.2, 0.25) is 0 Å². The van der Waals surface area contributed by atoms with Crippen molar-refractivity contribution in [3.05, 3.63) is 24.3 Å². The number of aliphatic hydroxyl groups is 2. The van der Waals surface area contributed by atoms with Gasteiger partial charge in [0.25, 0.3) is 0 Å². The van der Waals surface area contributed by atoms with E-state index in [9.17, 15) is 10.2 Å². The fraction of sp³-hybridized carbons (Fsp3) is 0.810. The summed E-state index contributed by atoms with van der Waals surface area (Å²) in [6.45, 7) is 8.77. The second kappa shape index (κ2) is 7.53. The van der Waals surface area contributed by atoms with Crippen LogP contribution in [0, 0.1) is 23.2 Å². The monoisotopic (exact) mass is 320 g/mol. The first-order valence-electron chi connectivity index (χ1n) is 9.62. The highest BCUT2D eigenvalue weighted by Crippen LogP contribution is 2.57. The van der Waals surface area contributed by atoms with Crippen molar-refractivity contribution >= 4 is 0 Å². The van der Waals surface area contributed by atoms with Crippen molar-refractivity contribution in [3.8, 4) is 0 Å². The third-order valence-corrected chi connectivity index (χ3v) is 6.95. The highest BCUT2D eigenvalue weighted by atomic mass is 16.3. The van der Waals surface area contributed by atoms with Gasteiger partial charge in [-0.15, -0.1) is 0 Å². The van der Waals surface area contributed by atoms with Crippen LogP contribution in [0.4, 0.5) is 0 Å². The van der Waals surface area contributed by atoms with Gasteiger partial charge in [-0.25, -0.2) is 0 Å². The van der Waals surface area contributed by atoms with E-state index in [4.69, 9.17) is 0 Å². The predicted molar refractivity (Wildman–Crippen MR) is 97.2 cm³/mol. The van der Waals surface area contributed by atoms with Gasteiger partial charge < -0.3 is 10.2 Å². The molecule has 2 rings (SSSR count). The van der Waals surface area contributed by atoms with Gasteiger partial charge >= 0.3 is 0 Å². The van der Waals surface area contributed by atoms with E-state index in [1.165, 1.54) is 25.7 Å². The van der Waals surface area contributed by atoms with Crippen molar-refractivity contribution in [1.82, 2.24) is 0 Å². The highest BCUT2D eigenvalue weighted by Gasteiger charge is 2.51. The molecule has 0 spiro atoms. The standard InChI is InChI=1S/C21H36O2/c1-5-21(23,6-2)15-8-7-10-16(3)17-12-13-18-19(22)11-9-14-20(17,18)4/h7-8,10,15-19,22-23H,5-6,9,11-14H2,1-4H3/b10-7+,15-8+/t16-,17-,18+,19+,20-/m1/s1. The van der Waals surface area contributed by atoms with Crippen molar-refractivity contribution in [2.24, 2.45) is 23.2 Å². The molecular formula is C21H36O2. The predicted octanol–water partition coefficient (Wildman–Crippen LogP) is 4.86. The lowest BCUT2D eigenvalue weighted by atomic mass is 9.62. The first-order valence-corrected chi connectivity index (χ1v) is 9.62. The molecule has 2 aliphatic rings. The van der Waals surface area contributed by atoms with Gasteiger partial charge in [0.05, 0.1) is 11.7 Å². The fourth-order valence-corrected chi connectivity index (χ4v) is 5.15. The van der Waals surface area contributed by atoms with Crippen LogP contribution in [0.25, 0.3) is 0 Å². The zero-order valence-corrected chi connectivity index (χ0v) is 15.5. The van der Waals surface area contributed by atoms with Crippen LogP contribution in [0.1, 0.15) is 72.6 Å². The van der Waals surface area contributed by atoms with E-state index < -0.39 is 5.60 Å². The minimum absolute atomic E-state index is 0.0843. The molecule has 132 valence electrons. The Labute approximate surface area is 142 Å². The summed E-state index contributed by atoms with van der Waals surface area (Å²) in [7, 11) is 0. The number of hydrogen-bond acceptors (Lipinski definition) is 2. The Bertz CT molecular complexity index is 435. The number of hydrogen-bond donors (Lipinski definition) is 2. The third-order valence-electron chi connectivity index (χ3n) is 6.95. The molecule has 5 atom stereocenters. The molecule has 0 aliphatic heterocycles. The molecule has 0 radical (unpaired) electrons. The lowest BCUT2D eigenvalue weighted by Gasteiger charge is -2.44. The minimum atomic E-state index is -0.661. The summed E-state index contributed by atoms with van der Waals surface area (Å²) in [5, 5.41) is 20.6. The summed E-state index contributed by atoms with van der Waals surface area (Å²) < 4.78 is 0. The molecule has 0 saturated heterocycles. The number of fused-ring (bicyclic) bond motifs is 1. The van der Waals surface area contributed by atoms with Crippen molar-refractivity contribution in [3.63, 3.8) is 0 Å². The molecule has 2 fully saturated rings. The molecule has 0 unspecified atom stereocenters. The Kier molecular flexibility index (Phi) is 6.13. The van der Waals surface area contributed by atoms with Gasteiger partial charge in [-0.1, -0.05) is 58.4 Å². The van der Waals surface area contributed by atoms with E-state index in [0.717, 1.165) is 19.3 Å². The van der Waals surface area contributed by atoms with Gasteiger partial charge in [-0.3, -0.25) is 0 Å². The lowest BCUT2D eigenvalue weighted by molar-refractivity contribution is -0.0231. The Morgan fingerprint density at radius 3 is 2.52 bits per heavy atom. The van der Waals surface area contributed by atoms with Gasteiger partial charge in [0, 0.05) is 0 Å². The van der Waals surface area contributed by atoms with E-state index in [1.807, 2.05) is 26.0 Å². The molecule has 0 amide bonds.